The Bertz CT molecular complexity index is 551. The summed E-state index contributed by atoms with van der Waals surface area (Å²) in [6.45, 7) is 4.42. The number of thiophene rings is 1. The van der Waals surface area contributed by atoms with Crippen molar-refractivity contribution in [2.24, 2.45) is 0 Å². The average molecular weight is 288 g/mol. The van der Waals surface area contributed by atoms with Crippen LogP contribution >= 0.6 is 11.3 Å². The summed E-state index contributed by atoms with van der Waals surface area (Å²) in [4.78, 5) is 11.9. The number of anilines is 1. The number of aryl methyl sites for hydroxylation is 1. The molecule has 1 amide bonds. The summed E-state index contributed by atoms with van der Waals surface area (Å²) < 4.78 is 0. The van der Waals surface area contributed by atoms with Gasteiger partial charge >= 0.3 is 0 Å². The molecule has 106 valence electrons. The first-order valence-corrected chi connectivity index (χ1v) is 7.69. The van der Waals surface area contributed by atoms with Crippen molar-refractivity contribution >= 4 is 22.9 Å². The van der Waals surface area contributed by atoms with Gasteiger partial charge in [0.2, 0.25) is 5.91 Å². The highest BCUT2D eigenvalue weighted by molar-refractivity contribution is 7.07. The lowest BCUT2D eigenvalue weighted by atomic mass is 10.1. The maximum Gasteiger partial charge on any atom is 0.238 e. The van der Waals surface area contributed by atoms with Gasteiger partial charge in [0.1, 0.15) is 0 Å². The number of rotatable bonds is 6. The Morgan fingerprint density at radius 2 is 2.10 bits per heavy atom. The van der Waals surface area contributed by atoms with Gasteiger partial charge in [0, 0.05) is 11.7 Å². The fourth-order valence-corrected chi connectivity index (χ4v) is 2.69. The molecule has 4 heteroatoms. The number of carbonyl (C=O) groups is 1. The standard InChI is InChI=1S/C16H20N2OS/c1-12-5-3-4-6-15(12)18-16(19)10-17-13(2)9-14-7-8-20-11-14/h3-8,11,13,17H,9-10H2,1-2H3,(H,18,19). The minimum absolute atomic E-state index is 0.00327. The second kappa shape index (κ2) is 7.22. The van der Waals surface area contributed by atoms with Gasteiger partial charge in [-0.3, -0.25) is 4.79 Å². The average Bonchev–Trinajstić information content (AvgIpc) is 2.92. The quantitative estimate of drug-likeness (QED) is 0.857. The van der Waals surface area contributed by atoms with E-state index in [1.807, 2.05) is 31.2 Å². The number of carbonyl (C=O) groups excluding carboxylic acids is 1. The third kappa shape index (κ3) is 4.47. The second-order valence-corrected chi connectivity index (χ2v) is 5.76. The van der Waals surface area contributed by atoms with Crippen molar-refractivity contribution in [1.29, 1.82) is 0 Å². The highest BCUT2D eigenvalue weighted by Gasteiger charge is 2.08. The SMILES string of the molecule is Cc1ccccc1NC(=O)CNC(C)Cc1ccsc1. The summed E-state index contributed by atoms with van der Waals surface area (Å²) in [5.74, 6) is -0.00327. The zero-order valence-corrected chi connectivity index (χ0v) is 12.7. The molecule has 0 saturated carbocycles. The molecule has 1 atom stereocenters. The monoisotopic (exact) mass is 288 g/mol. The van der Waals surface area contributed by atoms with Gasteiger partial charge in [-0.05, 0) is 54.3 Å². The third-order valence-electron chi connectivity index (χ3n) is 3.15. The van der Waals surface area contributed by atoms with Gasteiger partial charge in [0.15, 0.2) is 0 Å². The summed E-state index contributed by atoms with van der Waals surface area (Å²) in [6, 6.07) is 10.2. The molecule has 0 bridgehead atoms. The van der Waals surface area contributed by atoms with Crippen LogP contribution in [0.4, 0.5) is 5.69 Å². The smallest absolute Gasteiger partial charge is 0.238 e. The van der Waals surface area contributed by atoms with Crippen molar-refractivity contribution in [1.82, 2.24) is 5.32 Å². The van der Waals surface area contributed by atoms with E-state index in [1.54, 1.807) is 11.3 Å². The molecule has 0 radical (unpaired) electrons. The van der Waals surface area contributed by atoms with Gasteiger partial charge in [-0.25, -0.2) is 0 Å². The Hall–Kier alpha value is -1.65. The normalized spacial score (nSPS) is 12.1. The van der Waals surface area contributed by atoms with E-state index >= 15 is 0 Å². The number of para-hydroxylation sites is 1. The molecule has 0 saturated heterocycles. The van der Waals surface area contributed by atoms with Gasteiger partial charge in [0.05, 0.1) is 6.54 Å². The van der Waals surface area contributed by atoms with Gasteiger partial charge in [-0.1, -0.05) is 18.2 Å². The summed E-state index contributed by atoms with van der Waals surface area (Å²) >= 11 is 1.70. The first-order chi connectivity index (χ1) is 9.65. The Kier molecular flexibility index (Phi) is 5.32. The molecule has 0 spiro atoms. The van der Waals surface area contributed by atoms with E-state index in [0.717, 1.165) is 17.7 Å². The topological polar surface area (TPSA) is 41.1 Å². The van der Waals surface area contributed by atoms with E-state index in [4.69, 9.17) is 0 Å². The zero-order chi connectivity index (χ0) is 14.4. The van der Waals surface area contributed by atoms with Crippen LogP contribution < -0.4 is 10.6 Å². The first-order valence-electron chi connectivity index (χ1n) is 6.75. The highest BCUT2D eigenvalue weighted by Crippen LogP contribution is 2.12. The Morgan fingerprint density at radius 3 is 2.80 bits per heavy atom. The Morgan fingerprint density at radius 1 is 1.30 bits per heavy atom. The van der Waals surface area contributed by atoms with E-state index in [0.29, 0.717) is 6.54 Å². The van der Waals surface area contributed by atoms with Crippen LogP contribution in [0.3, 0.4) is 0 Å². The van der Waals surface area contributed by atoms with Crippen molar-refractivity contribution in [3.05, 3.63) is 52.2 Å². The van der Waals surface area contributed by atoms with E-state index in [-0.39, 0.29) is 11.9 Å². The van der Waals surface area contributed by atoms with E-state index < -0.39 is 0 Å². The second-order valence-electron chi connectivity index (χ2n) is 4.98. The molecule has 0 aliphatic rings. The van der Waals surface area contributed by atoms with Crippen molar-refractivity contribution in [2.75, 3.05) is 11.9 Å². The number of amides is 1. The largest absolute Gasteiger partial charge is 0.325 e. The lowest BCUT2D eigenvalue weighted by molar-refractivity contribution is -0.115. The molecule has 20 heavy (non-hydrogen) atoms. The van der Waals surface area contributed by atoms with Crippen molar-refractivity contribution in [3.8, 4) is 0 Å². The number of nitrogens with one attached hydrogen (secondary N) is 2. The molecule has 1 unspecified atom stereocenters. The molecule has 2 rings (SSSR count). The van der Waals surface area contributed by atoms with Gasteiger partial charge in [-0.15, -0.1) is 0 Å². The number of benzene rings is 1. The molecule has 1 aromatic carbocycles. The molecular formula is C16H20N2OS. The Balaban J connectivity index is 1.76. The molecule has 3 nitrogen and oxygen atoms in total. The minimum Gasteiger partial charge on any atom is -0.325 e. The molecule has 0 aliphatic carbocycles. The van der Waals surface area contributed by atoms with E-state index in [2.05, 4.69) is 34.4 Å². The van der Waals surface area contributed by atoms with Crippen LogP contribution in [0.5, 0.6) is 0 Å². The molecule has 2 N–H and O–H groups in total. The van der Waals surface area contributed by atoms with Crippen LogP contribution in [-0.2, 0) is 11.2 Å². The fourth-order valence-electron chi connectivity index (χ4n) is 2.01. The lowest BCUT2D eigenvalue weighted by Crippen LogP contribution is -2.35. The van der Waals surface area contributed by atoms with Crippen LogP contribution in [0.1, 0.15) is 18.1 Å². The maximum absolute atomic E-state index is 11.9. The predicted molar refractivity (Wildman–Crippen MR) is 85.3 cm³/mol. The number of hydrogen-bond acceptors (Lipinski definition) is 3. The van der Waals surface area contributed by atoms with Crippen molar-refractivity contribution in [3.63, 3.8) is 0 Å². The number of hydrogen-bond donors (Lipinski definition) is 2. The van der Waals surface area contributed by atoms with Crippen LogP contribution in [-0.4, -0.2) is 18.5 Å². The lowest BCUT2D eigenvalue weighted by Gasteiger charge is -2.13. The maximum atomic E-state index is 11.9. The van der Waals surface area contributed by atoms with Gasteiger partial charge < -0.3 is 10.6 Å². The zero-order valence-electron chi connectivity index (χ0n) is 11.8. The summed E-state index contributed by atoms with van der Waals surface area (Å²) in [5.41, 5.74) is 3.27. The molecule has 1 heterocycles. The highest BCUT2D eigenvalue weighted by atomic mass is 32.1. The van der Waals surface area contributed by atoms with Crippen LogP contribution in [0.25, 0.3) is 0 Å². The van der Waals surface area contributed by atoms with Gasteiger partial charge in [-0.2, -0.15) is 11.3 Å². The first kappa shape index (κ1) is 14.8. The molecular weight excluding hydrogens is 268 g/mol. The minimum atomic E-state index is -0.00327. The molecule has 0 aliphatic heterocycles. The summed E-state index contributed by atoms with van der Waals surface area (Å²) in [6.07, 6.45) is 0.946. The van der Waals surface area contributed by atoms with E-state index in [1.165, 1.54) is 5.56 Å². The third-order valence-corrected chi connectivity index (χ3v) is 3.88. The fraction of sp³-hybridized carbons (Fsp3) is 0.312. The van der Waals surface area contributed by atoms with Gasteiger partial charge in [0.25, 0.3) is 0 Å². The van der Waals surface area contributed by atoms with Crippen LogP contribution in [0.2, 0.25) is 0 Å². The summed E-state index contributed by atoms with van der Waals surface area (Å²) in [5, 5.41) is 10.4. The summed E-state index contributed by atoms with van der Waals surface area (Å²) in [7, 11) is 0. The molecule has 1 aromatic heterocycles. The predicted octanol–water partition coefficient (Wildman–Crippen LogP) is 3.22. The van der Waals surface area contributed by atoms with E-state index in [9.17, 15) is 4.79 Å². The van der Waals surface area contributed by atoms with Crippen molar-refractivity contribution in [2.45, 2.75) is 26.3 Å². The van der Waals surface area contributed by atoms with Crippen molar-refractivity contribution < 1.29 is 4.79 Å². The molecule has 0 fully saturated rings. The Labute approximate surface area is 124 Å². The van der Waals surface area contributed by atoms with Crippen LogP contribution in [0, 0.1) is 6.92 Å². The molecule has 2 aromatic rings. The van der Waals surface area contributed by atoms with Crippen LogP contribution in [0.15, 0.2) is 41.1 Å².